The van der Waals surface area contributed by atoms with Crippen molar-refractivity contribution in [3.8, 4) is 0 Å². The fraction of sp³-hybridized carbons (Fsp3) is 0.923. The summed E-state index contributed by atoms with van der Waals surface area (Å²) in [6.45, 7) is 6.40. The van der Waals surface area contributed by atoms with E-state index in [4.69, 9.17) is 5.11 Å². The first-order valence-corrected chi connectivity index (χ1v) is 6.63. The molecule has 1 aliphatic carbocycles. The number of urea groups is 1. The molecule has 0 aliphatic heterocycles. The number of nitrogens with one attached hydrogen (secondary N) is 1. The minimum absolute atomic E-state index is 0.0358. The summed E-state index contributed by atoms with van der Waals surface area (Å²) in [7, 11) is 0. The lowest BCUT2D eigenvalue weighted by Gasteiger charge is -2.36. The van der Waals surface area contributed by atoms with Gasteiger partial charge in [-0.25, -0.2) is 4.79 Å². The first kappa shape index (κ1) is 14.3. The number of aliphatic hydroxyl groups is 1. The first-order valence-electron chi connectivity index (χ1n) is 6.63. The molecule has 0 atom stereocenters. The zero-order chi connectivity index (χ0) is 12.9. The van der Waals surface area contributed by atoms with Gasteiger partial charge < -0.3 is 15.3 Å². The zero-order valence-electron chi connectivity index (χ0n) is 11.3. The number of hydrogen-bond acceptors (Lipinski definition) is 2. The van der Waals surface area contributed by atoms with E-state index in [1.54, 1.807) is 0 Å². The van der Waals surface area contributed by atoms with Gasteiger partial charge >= 0.3 is 6.03 Å². The highest BCUT2D eigenvalue weighted by Crippen LogP contribution is 2.22. The number of amides is 2. The van der Waals surface area contributed by atoms with Crippen LogP contribution in [0.2, 0.25) is 0 Å². The molecular formula is C13H26N2O2. The molecule has 0 spiro atoms. The summed E-state index contributed by atoms with van der Waals surface area (Å²) >= 11 is 0. The number of carbonyl (C=O) groups is 1. The van der Waals surface area contributed by atoms with Crippen molar-refractivity contribution in [2.24, 2.45) is 0 Å². The van der Waals surface area contributed by atoms with E-state index in [0.29, 0.717) is 12.6 Å². The Morgan fingerprint density at radius 3 is 2.35 bits per heavy atom. The van der Waals surface area contributed by atoms with Gasteiger partial charge in [0.25, 0.3) is 0 Å². The third-order valence-corrected chi connectivity index (χ3v) is 3.10. The Kier molecular flexibility index (Phi) is 5.25. The SMILES string of the molecule is CC(C)(C)NC(=O)N(CCO)C1CCCCC1. The number of carbonyl (C=O) groups excluding carboxylic acids is 1. The number of hydrogen-bond donors (Lipinski definition) is 2. The molecule has 0 heterocycles. The Labute approximate surface area is 104 Å². The molecule has 0 saturated heterocycles. The van der Waals surface area contributed by atoms with Crippen molar-refractivity contribution in [3.63, 3.8) is 0 Å². The Bertz CT molecular complexity index is 242. The molecule has 2 amide bonds. The smallest absolute Gasteiger partial charge is 0.318 e. The molecule has 0 bridgehead atoms. The van der Waals surface area contributed by atoms with Gasteiger partial charge in [-0.3, -0.25) is 0 Å². The van der Waals surface area contributed by atoms with Gasteiger partial charge in [0.1, 0.15) is 0 Å². The molecule has 1 rings (SSSR count). The molecule has 4 nitrogen and oxygen atoms in total. The molecule has 100 valence electrons. The highest BCUT2D eigenvalue weighted by Gasteiger charge is 2.27. The lowest BCUT2D eigenvalue weighted by atomic mass is 9.94. The Morgan fingerprint density at radius 2 is 1.88 bits per heavy atom. The van der Waals surface area contributed by atoms with E-state index in [2.05, 4.69) is 5.32 Å². The predicted molar refractivity (Wildman–Crippen MR) is 68.9 cm³/mol. The topological polar surface area (TPSA) is 52.6 Å². The monoisotopic (exact) mass is 242 g/mol. The van der Waals surface area contributed by atoms with E-state index in [-0.39, 0.29) is 18.2 Å². The van der Waals surface area contributed by atoms with E-state index >= 15 is 0 Å². The third-order valence-electron chi connectivity index (χ3n) is 3.10. The fourth-order valence-corrected chi connectivity index (χ4v) is 2.34. The second kappa shape index (κ2) is 6.24. The maximum absolute atomic E-state index is 12.2. The summed E-state index contributed by atoms with van der Waals surface area (Å²) in [4.78, 5) is 14.0. The van der Waals surface area contributed by atoms with Gasteiger partial charge in [0.2, 0.25) is 0 Å². The van der Waals surface area contributed by atoms with Crippen molar-refractivity contribution >= 4 is 6.03 Å². The second-order valence-electron chi connectivity index (χ2n) is 5.89. The molecule has 4 heteroatoms. The van der Waals surface area contributed by atoms with Crippen LogP contribution in [-0.4, -0.2) is 40.8 Å². The van der Waals surface area contributed by atoms with Crippen LogP contribution in [0.4, 0.5) is 4.79 Å². The lowest BCUT2D eigenvalue weighted by molar-refractivity contribution is 0.129. The van der Waals surface area contributed by atoms with Crippen LogP contribution in [0, 0.1) is 0 Å². The maximum atomic E-state index is 12.2. The molecule has 1 fully saturated rings. The molecule has 17 heavy (non-hydrogen) atoms. The van der Waals surface area contributed by atoms with Crippen molar-refractivity contribution in [2.75, 3.05) is 13.2 Å². The van der Waals surface area contributed by atoms with Gasteiger partial charge in [0.15, 0.2) is 0 Å². The van der Waals surface area contributed by atoms with Gasteiger partial charge in [0, 0.05) is 18.1 Å². The van der Waals surface area contributed by atoms with Crippen molar-refractivity contribution < 1.29 is 9.90 Å². The van der Waals surface area contributed by atoms with Crippen LogP contribution < -0.4 is 5.32 Å². The lowest BCUT2D eigenvalue weighted by Crippen LogP contribution is -2.53. The van der Waals surface area contributed by atoms with E-state index in [9.17, 15) is 4.79 Å². The van der Waals surface area contributed by atoms with Crippen molar-refractivity contribution in [1.29, 1.82) is 0 Å². The van der Waals surface area contributed by atoms with Crippen LogP contribution in [0.1, 0.15) is 52.9 Å². The normalized spacial score (nSPS) is 17.9. The second-order valence-corrected chi connectivity index (χ2v) is 5.89. The summed E-state index contributed by atoms with van der Waals surface area (Å²) in [5, 5.41) is 12.1. The molecule has 0 aromatic rings. The standard InChI is InChI=1S/C13H26N2O2/c1-13(2,3)14-12(17)15(9-10-16)11-7-5-4-6-8-11/h11,16H,4-10H2,1-3H3,(H,14,17). The summed E-state index contributed by atoms with van der Waals surface area (Å²) in [5.74, 6) is 0. The molecule has 0 radical (unpaired) electrons. The number of nitrogens with zero attached hydrogens (tertiary/aromatic N) is 1. The minimum atomic E-state index is -0.223. The molecule has 1 saturated carbocycles. The van der Waals surface area contributed by atoms with Crippen LogP contribution in [-0.2, 0) is 0 Å². The first-order chi connectivity index (χ1) is 7.94. The molecule has 0 unspecified atom stereocenters. The summed E-state index contributed by atoms with van der Waals surface area (Å²) in [6, 6.07) is 0.261. The van der Waals surface area contributed by atoms with Crippen molar-refractivity contribution in [3.05, 3.63) is 0 Å². The Balaban J connectivity index is 2.60. The maximum Gasteiger partial charge on any atom is 0.318 e. The quantitative estimate of drug-likeness (QED) is 0.796. The van der Waals surface area contributed by atoms with E-state index in [1.807, 2.05) is 25.7 Å². The predicted octanol–water partition coefficient (Wildman–Crippen LogP) is 2.12. The van der Waals surface area contributed by atoms with Gasteiger partial charge in [-0.2, -0.15) is 0 Å². The zero-order valence-corrected chi connectivity index (χ0v) is 11.3. The molecule has 1 aliphatic rings. The number of aliphatic hydroxyl groups excluding tert-OH is 1. The van der Waals surface area contributed by atoms with Crippen LogP contribution >= 0.6 is 0 Å². The van der Waals surface area contributed by atoms with Gasteiger partial charge in [0.05, 0.1) is 6.61 Å². The molecule has 0 aromatic carbocycles. The van der Waals surface area contributed by atoms with Crippen LogP contribution in [0.15, 0.2) is 0 Å². The summed E-state index contributed by atoms with van der Waals surface area (Å²) in [6.07, 6.45) is 5.78. The van der Waals surface area contributed by atoms with Crippen LogP contribution in [0.3, 0.4) is 0 Å². The Hall–Kier alpha value is -0.770. The third kappa shape index (κ3) is 4.94. The number of rotatable bonds is 3. The Morgan fingerprint density at radius 1 is 1.29 bits per heavy atom. The van der Waals surface area contributed by atoms with Crippen molar-refractivity contribution in [2.45, 2.75) is 64.5 Å². The van der Waals surface area contributed by atoms with Crippen LogP contribution in [0.25, 0.3) is 0 Å². The summed E-state index contributed by atoms with van der Waals surface area (Å²) in [5.41, 5.74) is -0.223. The van der Waals surface area contributed by atoms with Gasteiger partial charge in [-0.15, -0.1) is 0 Å². The fourth-order valence-electron chi connectivity index (χ4n) is 2.34. The van der Waals surface area contributed by atoms with E-state index < -0.39 is 0 Å². The largest absolute Gasteiger partial charge is 0.395 e. The summed E-state index contributed by atoms with van der Waals surface area (Å²) < 4.78 is 0. The van der Waals surface area contributed by atoms with Gasteiger partial charge in [-0.1, -0.05) is 19.3 Å². The molecule has 0 aromatic heterocycles. The highest BCUT2D eigenvalue weighted by atomic mass is 16.3. The van der Waals surface area contributed by atoms with Crippen LogP contribution in [0.5, 0.6) is 0 Å². The molecule has 2 N–H and O–H groups in total. The van der Waals surface area contributed by atoms with Gasteiger partial charge in [-0.05, 0) is 33.6 Å². The van der Waals surface area contributed by atoms with E-state index in [1.165, 1.54) is 19.3 Å². The highest BCUT2D eigenvalue weighted by molar-refractivity contribution is 5.75. The average Bonchev–Trinajstić information content (AvgIpc) is 2.24. The minimum Gasteiger partial charge on any atom is -0.395 e. The molecular weight excluding hydrogens is 216 g/mol. The van der Waals surface area contributed by atoms with E-state index in [0.717, 1.165) is 12.8 Å². The average molecular weight is 242 g/mol. The van der Waals surface area contributed by atoms with Crippen molar-refractivity contribution in [1.82, 2.24) is 10.2 Å².